The van der Waals surface area contributed by atoms with Crippen LogP contribution < -0.4 is 10.9 Å². The Balaban J connectivity index is 2.30. The number of nitro benzene ring substituents is 1. The molecule has 0 saturated carbocycles. The number of aromatic nitrogens is 1. The van der Waals surface area contributed by atoms with Gasteiger partial charge < -0.3 is 15.4 Å². The summed E-state index contributed by atoms with van der Waals surface area (Å²) in [7, 11) is 0. The number of nitrogens with one attached hydrogen (secondary N) is 2. The summed E-state index contributed by atoms with van der Waals surface area (Å²) < 4.78 is 0. The Labute approximate surface area is 135 Å². The highest BCUT2D eigenvalue weighted by molar-refractivity contribution is 5.93. The zero-order valence-corrected chi connectivity index (χ0v) is 12.6. The first kappa shape index (κ1) is 15.5. The van der Waals surface area contributed by atoms with Gasteiger partial charge in [-0.25, -0.2) is 4.79 Å². The fourth-order valence-electron chi connectivity index (χ4n) is 2.95. The maximum absolute atomic E-state index is 12.3. The topological polar surface area (TPSA) is 125 Å². The van der Waals surface area contributed by atoms with Crippen LogP contribution in [-0.4, -0.2) is 21.0 Å². The number of hydrogen-bond donors (Lipinski definition) is 3. The van der Waals surface area contributed by atoms with E-state index in [0.29, 0.717) is 16.9 Å². The first-order valence-corrected chi connectivity index (χ1v) is 7.07. The van der Waals surface area contributed by atoms with Crippen LogP contribution in [0.3, 0.4) is 0 Å². The lowest BCUT2D eigenvalue weighted by Gasteiger charge is -2.28. The number of rotatable bonds is 3. The number of hydrogen-bond acceptors (Lipinski definition) is 5. The van der Waals surface area contributed by atoms with Crippen molar-refractivity contribution in [1.82, 2.24) is 4.98 Å². The normalized spacial score (nSPS) is 16.3. The minimum absolute atomic E-state index is 0.0142. The van der Waals surface area contributed by atoms with Crippen molar-refractivity contribution < 1.29 is 14.8 Å². The Hall–Kier alpha value is -3.42. The molecule has 0 fully saturated rings. The zero-order chi connectivity index (χ0) is 17.4. The van der Waals surface area contributed by atoms with Crippen LogP contribution in [0.5, 0.6) is 0 Å². The minimum atomic E-state index is -1.19. The molecule has 3 rings (SSSR count). The summed E-state index contributed by atoms with van der Waals surface area (Å²) in [6, 6.07) is 7.29. The third-order valence-electron chi connectivity index (χ3n) is 3.95. The van der Waals surface area contributed by atoms with E-state index >= 15 is 0 Å². The van der Waals surface area contributed by atoms with Crippen LogP contribution in [0.4, 0.5) is 11.4 Å². The van der Waals surface area contributed by atoms with E-state index in [1.54, 1.807) is 19.1 Å². The van der Waals surface area contributed by atoms with Crippen LogP contribution >= 0.6 is 0 Å². The smallest absolute Gasteiger partial charge is 0.334 e. The highest BCUT2D eigenvalue weighted by Crippen LogP contribution is 2.40. The zero-order valence-electron chi connectivity index (χ0n) is 12.6. The molecule has 2 aromatic rings. The predicted octanol–water partition coefficient (Wildman–Crippen LogP) is 2.20. The van der Waals surface area contributed by atoms with E-state index in [9.17, 15) is 24.8 Å². The molecule has 8 nitrogen and oxygen atoms in total. The summed E-state index contributed by atoms with van der Waals surface area (Å²) >= 11 is 0. The molecule has 3 N–H and O–H groups in total. The average molecular weight is 327 g/mol. The van der Waals surface area contributed by atoms with Gasteiger partial charge in [-0.2, -0.15) is 0 Å². The van der Waals surface area contributed by atoms with Crippen molar-refractivity contribution in [3.05, 3.63) is 79.4 Å². The van der Waals surface area contributed by atoms with Gasteiger partial charge >= 0.3 is 5.97 Å². The molecule has 1 aliphatic rings. The van der Waals surface area contributed by atoms with Crippen LogP contribution in [0.1, 0.15) is 24.0 Å². The summed E-state index contributed by atoms with van der Waals surface area (Å²) in [5.41, 5.74) is 0.848. The Morgan fingerprint density at radius 1 is 1.33 bits per heavy atom. The number of fused-ring (bicyclic) bond motifs is 1. The predicted molar refractivity (Wildman–Crippen MR) is 86.0 cm³/mol. The van der Waals surface area contributed by atoms with E-state index < -0.39 is 22.4 Å². The third kappa shape index (κ3) is 2.43. The number of allylic oxidation sites excluding steroid dienone is 1. The van der Waals surface area contributed by atoms with Crippen molar-refractivity contribution in [2.24, 2.45) is 0 Å². The third-order valence-corrected chi connectivity index (χ3v) is 3.95. The minimum Gasteiger partial charge on any atom is -0.478 e. The van der Waals surface area contributed by atoms with Gasteiger partial charge in [0.2, 0.25) is 0 Å². The number of nitrogens with zero attached hydrogens (tertiary/aromatic N) is 1. The molecule has 1 aromatic heterocycles. The molecule has 1 unspecified atom stereocenters. The van der Waals surface area contributed by atoms with Gasteiger partial charge in [-0.3, -0.25) is 14.9 Å². The number of carbonyl (C=O) groups is 1. The molecule has 2 heterocycles. The van der Waals surface area contributed by atoms with E-state index in [2.05, 4.69) is 10.3 Å². The molecule has 0 bridgehead atoms. The van der Waals surface area contributed by atoms with Crippen molar-refractivity contribution in [3.63, 3.8) is 0 Å². The van der Waals surface area contributed by atoms with Crippen molar-refractivity contribution in [1.29, 1.82) is 0 Å². The number of anilines is 1. The van der Waals surface area contributed by atoms with Crippen LogP contribution in [-0.2, 0) is 4.79 Å². The molecule has 122 valence electrons. The number of nitro groups is 1. The quantitative estimate of drug-likeness (QED) is 0.586. The lowest BCUT2D eigenvalue weighted by atomic mass is 9.81. The molecular formula is C16H13N3O5. The van der Waals surface area contributed by atoms with Gasteiger partial charge in [0.05, 0.1) is 22.0 Å². The molecule has 1 atom stereocenters. The Morgan fingerprint density at radius 2 is 2.08 bits per heavy atom. The number of aliphatic carboxylic acids is 1. The SMILES string of the molecule is CC1=C(C(=O)O)C(c2cccc([N+](=O)[O-])c2)c2c(cc[nH]c2=O)N1. The van der Waals surface area contributed by atoms with E-state index in [0.717, 1.165) is 0 Å². The summed E-state index contributed by atoms with van der Waals surface area (Å²) in [6.07, 6.45) is 1.46. The standard InChI is InChI=1S/C16H13N3O5/c1-8-12(16(21)22)13(9-3-2-4-10(7-9)19(23)24)14-11(18-8)5-6-17-15(14)20/h2-7,13,18H,1H3,(H,17,20)(H,21,22). The average Bonchev–Trinajstić information content (AvgIpc) is 2.53. The number of carboxylic acid groups (broad SMARTS) is 1. The molecule has 1 aliphatic heterocycles. The van der Waals surface area contributed by atoms with E-state index in [1.165, 1.54) is 24.4 Å². The molecule has 0 spiro atoms. The van der Waals surface area contributed by atoms with E-state index in [-0.39, 0.29) is 16.8 Å². The lowest BCUT2D eigenvalue weighted by molar-refractivity contribution is -0.384. The van der Waals surface area contributed by atoms with Crippen molar-refractivity contribution in [2.45, 2.75) is 12.8 Å². The molecule has 0 radical (unpaired) electrons. The van der Waals surface area contributed by atoms with Crippen LogP contribution in [0.25, 0.3) is 0 Å². The first-order valence-electron chi connectivity index (χ1n) is 7.07. The second-order valence-electron chi connectivity index (χ2n) is 5.39. The summed E-state index contributed by atoms with van der Waals surface area (Å²) in [6.45, 7) is 1.60. The number of aromatic amines is 1. The molecule has 0 aliphatic carbocycles. The van der Waals surface area contributed by atoms with Gasteiger partial charge in [0.1, 0.15) is 0 Å². The van der Waals surface area contributed by atoms with Gasteiger partial charge in [-0.1, -0.05) is 12.1 Å². The Bertz CT molecular complexity index is 945. The Kier molecular flexibility index (Phi) is 3.64. The molecule has 8 heteroatoms. The monoisotopic (exact) mass is 327 g/mol. The maximum atomic E-state index is 12.3. The van der Waals surface area contributed by atoms with Crippen LogP contribution in [0.2, 0.25) is 0 Å². The Morgan fingerprint density at radius 3 is 2.75 bits per heavy atom. The van der Waals surface area contributed by atoms with Gasteiger partial charge in [0, 0.05) is 29.7 Å². The molecule has 1 aromatic carbocycles. The number of carboxylic acids is 1. The largest absolute Gasteiger partial charge is 0.478 e. The molecule has 24 heavy (non-hydrogen) atoms. The van der Waals surface area contributed by atoms with Crippen LogP contribution in [0.15, 0.2) is 52.6 Å². The molecule has 0 amide bonds. The van der Waals surface area contributed by atoms with Crippen LogP contribution in [0, 0.1) is 10.1 Å². The van der Waals surface area contributed by atoms with Gasteiger partial charge in [0.15, 0.2) is 0 Å². The molecule has 0 saturated heterocycles. The summed E-state index contributed by atoms with van der Waals surface area (Å²) in [5.74, 6) is -2.09. The summed E-state index contributed by atoms with van der Waals surface area (Å²) in [5, 5.41) is 23.5. The van der Waals surface area contributed by atoms with Gasteiger partial charge in [0.25, 0.3) is 11.2 Å². The fourth-order valence-corrected chi connectivity index (χ4v) is 2.95. The highest BCUT2D eigenvalue weighted by atomic mass is 16.6. The van der Waals surface area contributed by atoms with E-state index in [1.807, 2.05) is 0 Å². The number of pyridine rings is 1. The number of non-ortho nitro benzene ring substituents is 1. The number of H-pyrrole nitrogens is 1. The maximum Gasteiger partial charge on any atom is 0.334 e. The lowest BCUT2D eigenvalue weighted by Crippen LogP contribution is -2.28. The second kappa shape index (κ2) is 5.65. The fraction of sp³-hybridized carbons (Fsp3) is 0.125. The number of benzene rings is 1. The highest BCUT2D eigenvalue weighted by Gasteiger charge is 2.34. The first-order chi connectivity index (χ1) is 11.4. The second-order valence-corrected chi connectivity index (χ2v) is 5.39. The van der Waals surface area contributed by atoms with Gasteiger partial charge in [-0.15, -0.1) is 0 Å². The van der Waals surface area contributed by atoms with E-state index in [4.69, 9.17) is 0 Å². The van der Waals surface area contributed by atoms with Crippen molar-refractivity contribution in [2.75, 3.05) is 5.32 Å². The van der Waals surface area contributed by atoms with Gasteiger partial charge in [-0.05, 0) is 18.6 Å². The molecular weight excluding hydrogens is 314 g/mol. The van der Waals surface area contributed by atoms with Crippen molar-refractivity contribution >= 4 is 17.3 Å². The van der Waals surface area contributed by atoms with Crippen molar-refractivity contribution in [3.8, 4) is 0 Å². The summed E-state index contributed by atoms with van der Waals surface area (Å²) in [4.78, 5) is 37.0.